The van der Waals surface area contributed by atoms with Gasteiger partial charge in [-0.3, -0.25) is 4.79 Å². The number of benzene rings is 2. The molecule has 3 heterocycles. The van der Waals surface area contributed by atoms with Gasteiger partial charge in [-0.25, -0.2) is 0 Å². The van der Waals surface area contributed by atoms with Crippen LogP contribution in [0.1, 0.15) is 18.2 Å². The number of hydrogen-bond donors (Lipinski definition) is 1. The van der Waals surface area contributed by atoms with E-state index in [0.717, 1.165) is 53.0 Å². The molecule has 200 valence electrons. The van der Waals surface area contributed by atoms with Crippen molar-refractivity contribution >= 4 is 28.2 Å². The summed E-state index contributed by atoms with van der Waals surface area (Å²) in [7, 11) is 4.03. The number of rotatable bonds is 7. The number of anilines is 2. The highest BCUT2D eigenvalue weighted by atomic mass is 16.5. The summed E-state index contributed by atoms with van der Waals surface area (Å²) in [6, 6.07) is 12.1. The number of carbonyl (C=O) groups excluding carboxylic acids is 1. The van der Waals surface area contributed by atoms with Crippen molar-refractivity contribution in [2.45, 2.75) is 26.0 Å². The smallest absolute Gasteiger partial charge is 0.318 e. The zero-order chi connectivity index (χ0) is 26.8. The number of aromatic hydroxyl groups is 1. The van der Waals surface area contributed by atoms with Crippen LogP contribution in [-0.4, -0.2) is 90.2 Å². The summed E-state index contributed by atoms with van der Waals surface area (Å²) in [6.07, 6.45) is 2.07. The molecule has 0 radical (unpaired) electrons. The van der Waals surface area contributed by atoms with Gasteiger partial charge in [0.05, 0.1) is 12.2 Å². The normalized spacial score (nSPS) is 16.5. The molecule has 0 bridgehead atoms. The maximum Gasteiger partial charge on any atom is 0.318 e. The Morgan fingerprint density at radius 3 is 2.63 bits per heavy atom. The van der Waals surface area contributed by atoms with Crippen LogP contribution in [0.2, 0.25) is 0 Å². The van der Waals surface area contributed by atoms with Crippen molar-refractivity contribution < 1.29 is 14.6 Å². The van der Waals surface area contributed by atoms with Gasteiger partial charge in [0.1, 0.15) is 17.7 Å². The van der Waals surface area contributed by atoms with Crippen molar-refractivity contribution in [2.75, 3.05) is 63.2 Å². The van der Waals surface area contributed by atoms with Crippen LogP contribution in [0.3, 0.4) is 0 Å². The number of ether oxygens (including phenoxy) is 1. The quantitative estimate of drug-likeness (QED) is 0.480. The van der Waals surface area contributed by atoms with Gasteiger partial charge in [-0.05, 0) is 45.0 Å². The van der Waals surface area contributed by atoms with Gasteiger partial charge in [0.15, 0.2) is 0 Å². The number of piperazine rings is 1. The highest BCUT2D eigenvalue weighted by molar-refractivity contribution is 5.95. The molecule has 2 aromatic carbocycles. The first kappa shape index (κ1) is 25.8. The molecule has 1 aromatic heterocycles. The monoisotopic (exact) mass is 516 g/mol. The Bertz CT molecular complexity index is 1340. The van der Waals surface area contributed by atoms with E-state index in [0.29, 0.717) is 38.7 Å². The lowest BCUT2D eigenvalue weighted by Crippen LogP contribution is -2.49. The van der Waals surface area contributed by atoms with Gasteiger partial charge in [0.2, 0.25) is 5.91 Å². The summed E-state index contributed by atoms with van der Waals surface area (Å²) in [5, 5.41) is 12.5. The highest BCUT2D eigenvalue weighted by Crippen LogP contribution is 2.36. The van der Waals surface area contributed by atoms with E-state index in [4.69, 9.17) is 14.7 Å². The molecular weight excluding hydrogens is 480 g/mol. The molecule has 1 amide bonds. The second-order valence-electron chi connectivity index (χ2n) is 10.3. The molecule has 1 atom stereocenters. The van der Waals surface area contributed by atoms with Crippen LogP contribution in [-0.2, 0) is 17.8 Å². The zero-order valence-corrected chi connectivity index (χ0v) is 22.4. The van der Waals surface area contributed by atoms with Gasteiger partial charge in [0, 0.05) is 62.0 Å². The molecular formula is C29H36N6O3. The van der Waals surface area contributed by atoms with Gasteiger partial charge in [-0.2, -0.15) is 9.97 Å². The lowest BCUT2D eigenvalue weighted by atomic mass is 10.0. The lowest BCUT2D eigenvalue weighted by molar-refractivity contribution is -0.126. The number of nitrogens with zero attached hydrogens (tertiary/aromatic N) is 6. The Morgan fingerprint density at radius 2 is 1.89 bits per heavy atom. The molecule has 1 fully saturated rings. The van der Waals surface area contributed by atoms with E-state index >= 15 is 0 Å². The number of fused-ring (bicyclic) bond motifs is 2. The average Bonchev–Trinajstić information content (AvgIpc) is 2.91. The summed E-state index contributed by atoms with van der Waals surface area (Å²) in [6.45, 7) is 10.4. The van der Waals surface area contributed by atoms with Crippen molar-refractivity contribution in [3.05, 3.63) is 60.3 Å². The third-order valence-electron chi connectivity index (χ3n) is 7.18. The summed E-state index contributed by atoms with van der Waals surface area (Å²) in [4.78, 5) is 30.3. The first-order valence-corrected chi connectivity index (χ1v) is 13.2. The fraction of sp³-hybridized carbons (Fsp3) is 0.414. The minimum Gasteiger partial charge on any atom is -0.508 e. The molecule has 9 heteroatoms. The number of carbonyl (C=O) groups is 1. The van der Waals surface area contributed by atoms with Crippen LogP contribution >= 0.6 is 0 Å². The Kier molecular flexibility index (Phi) is 7.37. The molecule has 5 rings (SSSR count). The van der Waals surface area contributed by atoms with E-state index in [1.165, 1.54) is 6.08 Å². The average molecular weight is 517 g/mol. The molecule has 2 aliphatic heterocycles. The third-order valence-corrected chi connectivity index (χ3v) is 7.18. The molecule has 0 unspecified atom stereocenters. The number of amides is 1. The van der Waals surface area contributed by atoms with Crippen LogP contribution in [0, 0.1) is 0 Å². The van der Waals surface area contributed by atoms with E-state index in [1.807, 2.05) is 50.2 Å². The summed E-state index contributed by atoms with van der Waals surface area (Å²) >= 11 is 0. The highest BCUT2D eigenvalue weighted by Gasteiger charge is 2.29. The molecule has 3 aromatic rings. The summed E-state index contributed by atoms with van der Waals surface area (Å²) in [5.74, 6) is 1.11. The second-order valence-corrected chi connectivity index (χ2v) is 10.3. The molecule has 0 saturated carbocycles. The van der Waals surface area contributed by atoms with E-state index in [9.17, 15) is 9.90 Å². The van der Waals surface area contributed by atoms with Crippen LogP contribution in [0.5, 0.6) is 11.8 Å². The third kappa shape index (κ3) is 5.38. The van der Waals surface area contributed by atoms with Gasteiger partial charge in [-0.1, -0.05) is 30.8 Å². The molecule has 0 spiro atoms. The van der Waals surface area contributed by atoms with Crippen LogP contribution in [0.25, 0.3) is 10.8 Å². The van der Waals surface area contributed by atoms with Crippen molar-refractivity contribution in [3.63, 3.8) is 0 Å². The Balaban J connectivity index is 1.48. The van der Waals surface area contributed by atoms with E-state index < -0.39 is 0 Å². The predicted molar refractivity (Wildman–Crippen MR) is 150 cm³/mol. The van der Waals surface area contributed by atoms with Gasteiger partial charge in [-0.15, -0.1) is 0 Å². The maximum atomic E-state index is 12.1. The fourth-order valence-electron chi connectivity index (χ4n) is 5.44. The van der Waals surface area contributed by atoms with E-state index in [1.54, 1.807) is 6.07 Å². The Hall–Kier alpha value is -3.85. The van der Waals surface area contributed by atoms with Gasteiger partial charge >= 0.3 is 6.01 Å². The van der Waals surface area contributed by atoms with Crippen molar-refractivity contribution in [1.29, 1.82) is 0 Å². The summed E-state index contributed by atoms with van der Waals surface area (Å²) < 4.78 is 6.20. The minimum atomic E-state index is -0.0762. The maximum absolute atomic E-state index is 12.1. The van der Waals surface area contributed by atoms with Crippen molar-refractivity contribution in [1.82, 2.24) is 19.8 Å². The molecule has 38 heavy (non-hydrogen) atoms. The lowest BCUT2D eigenvalue weighted by Gasteiger charge is -2.38. The van der Waals surface area contributed by atoms with Crippen molar-refractivity contribution in [2.24, 2.45) is 0 Å². The summed E-state index contributed by atoms with van der Waals surface area (Å²) in [5.41, 5.74) is 3.05. The number of phenolic OH excluding ortho intramolecular Hbond substituents is 1. The Labute approximate surface area is 223 Å². The fourth-order valence-corrected chi connectivity index (χ4v) is 5.44. The van der Waals surface area contributed by atoms with Crippen LogP contribution < -0.4 is 14.5 Å². The molecule has 0 aliphatic carbocycles. The first-order valence-electron chi connectivity index (χ1n) is 13.2. The topological polar surface area (TPSA) is 85.3 Å². The number of hydrogen-bond acceptors (Lipinski definition) is 8. The van der Waals surface area contributed by atoms with Crippen molar-refractivity contribution in [3.8, 4) is 11.8 Å². The molecule has 1 N–H and O–H groups in total. The zero-order valence-electron chi connectivity index (χ0n) is 22.4. The minimum absolute atomic E-state index is 0.0371. The largest absolute Gasteiger partial charge is 0.508 e. The van der Waals surface area contributed by atoms with Crippen LogP contribution in [0.4, 0.5) is 11.5 Å². The van der Waals surface area contributed by atoms with E-state index in [2.05, 4.69) is 27.3 Å². The predicted octanol–water partition coefficient (Wildman–Crippen LogP) is 3.06. The number of likely N-dealkylation sites (N-methyl/N-ethyl adjacent to an activating group) is 1. The first-order chi connectivity index (χ1) is 18.3. The SMILES string of the molecule is C=CC(=O)N1CCN(c2nc(O[C@@H](C)CN(C)C)nc3c2CCN(c2cc(O)cc4ccccc24)C3)CC1. The molecule has 1 saturated heterocycles. The standard InChI is InChI=1S/C29H36N6O3/c1-5-27(37)33-12-14-34(15-13-33)28-24-10-11-35(26-17-22(36)16-21-8-6-7-9-23(21)26)19-25(24)30-29(31-28)38-20(2)18-32(3)4/h5-9,16-17,20,36H,1,10-15,18-19H2,2-4H3/t20-/m0/s1. The Morgan fingerprint density at radius 1 is 1.13 bits per heavy atom. The van der Waals surface area contributed by atoms with Gasteiger partial charge < -0.3 is 29.4 Å². The number of aromatic nitrogens is 2. The molecule has 2 aliphatic rings. The van der Waals surface area contributed by atoms with Crippen LogP contribution in [0.15, 0.2) is 49.1 Å². The number of phenols is 1. The molecule has 9 nitrogen and oxygen atoms in total. The second kappa shape index (κ2) is 10.9. The van der Waals surface area contributed by atoms with Gasteiger partial charge in [0.25, 0.3) is 0 Å². The van der Waals surface area contributed by atoms with E-state index in [-0.39, 0.29) is 17.8 Å².